The Hall–Kier alpha value is -2.90. The molecule has 0 saturated carbocycles. The number of anilines is 1. The third kappa shape index (κ3) is 3.22. The predicted octanol–water partition coefficient (Wildman–Crippen LogP) is 1.71. The summed E-state index contributed by atoms with van der Waals surface area (Å²) in [4.78, 5) is 0. The zero-order chi connectivity index (χ0) is 15.4. The molecule has 0 radical (unpaired) electrons. The Morgan fingerprint density at radius 3 is 2.59 bits per heavy atom. The fraction of sp³-hybridized carbons (Fsp3) is 0.0667. The molecule has 7 heteroatoms. The van der Waals surface area contributed by atoms with Crippen molar-refractivity contribution >= 4 is 17.6 Å². The fourth-order valence-corrected chi connectivity index (χ4v) is 1.89. The number of benzene rings is 2. The maximum Gasteiger partial charge on any atom is 0.157 e. The molecule has 2 aromatic carbocycles. The lowest BCUT2D eigenvalue weighted by Crippen LogP contribution is -2.44. The van der Waals surface area contributed by atoms with Crippen molar-refractivity contribution in [3.63, 3.8) is 0 Å². The Labute approximate surface area is 127 Å². The minimum Gasteiger partial charge on any atom is -0.457 e. The first kappa shape index (κ1) is 14.1. The zero-order valence-corrected chi connectivity index (χ0v) is 11.8. The first-order valence-corrected chi connectivity index (χ1v) is 6.72. The Balaban J connectivity index is 1.69. The van der Waals surface area contributed by atoms with Gasteiger partial charge in [-0.15, -0.1) is 0 Å². The number of hydrazone groups is 2. The van der Waals surface area contributed by atoms with E-state index >= 15 is 0 Å². The van der Waals surface area contributed by atoms with E-state index in [2.05, 4.69) is 15.6 Å². The molecular formula is C15H16N6O. The second kappa shape index (κ2) is 6.25. The van der Waals surface area contributed by atoms with Crippen LogP contribution in [0.1, 0.15) is 0 Å². The number of ether oxygens (including phenoxy) is 1. The van der Waals surface area contributed by atoms with Crippen molar-refractivity contribution < 1.29 is 4.74 Å². The zero-order valence-electron chi connectivity index (χ0n) is 11.8. The van der Waals surface area contributed by atoms with Crippen LogP contribution >= 0.6 is 0 Å². The van der Waals surface area contributed by atoms with Gasteiger partial charge in [-0.05, 0) is 24.3 Å². The monoisotopic (exact) mass is 296 g/mol. The molecule has 1 unspecified atom stereocenters. The summed E-state index contributed by atoms with van der Waals surface area (Å²) in [5.74, 6) is 7.01. The highest BCUT2D eigenvalue weighted by molar-refractivity contribution is 6.34. The van der Waals surface area contributed by atoms with Crippen molar-refractivity contribution in [2.24, 2.45) is 21.8 Å². The number of hydrogen-bond acceptors (Lipinski definition) is 7. The number of para-hydroxylation sites is 1. The number of nitrogens with zero attached hydrogens (tertiary/aromatic N) is 3. The van der Waals surface area contributed by atoms with Crippen molar-refractivity contribution in [3.8, 4) is 11.5 Å². The van der Waals surface area contributed by atoms with Crippen LogP contribution in [0.5, 0.6) is 11.5 Å². The van der Waals surface area contributed by atoms with Crippen LogP contribution < -0.4 is 21.7 Å². The van der Waals surface area contributed by atoms with E-state index in [1.54, 1.807) is 0 Å². The second-order valence-electron chi connectivity index (χ2n) is 4.66. The Morgan fingerprint density at radius 2 is 1.86 bits per heavy atom. The highest BCUT2D eigenvalue weighted by Gasteiger charge is 2.20. The predicted molar refractivity (Wildman–Crippen MR) is 86.5 cm³/mol. The number of hydrogen-bond donors (Lipinski definition) is 3. The summed E-state index contributed by atoms with van der Waals surface area (Å²) in [6.45, 7) is 0. The second-order valence-corrected chi connectivity index (χ2v) is 4.66. The van der Waals surface area contributed by atoms with Gasteiger partial charge in [-0.25, -0.2) is 11.0 Å². The number of nitrogens with one attached hydrogen (secondary N) is 1. The van der Waals surface area contributed by atoms with E-state index in [4.69, 9.17) is 16.3 Å². The largest absolute Gasteiger partial charge is 0.457 e. The molecule has 1 aliphatic rings. The van der Waals surface area contributed by atoms with Crippen molar-refractivity contribution in [1.82, 2.24) is 5.12 Å². The number of rotatable bonds is 4. The van der Waals surface area contributed by atoms with Gasteiger partial charge in [-0.1, -0.05) is 24.3 Å². The van der Waals surface area contributed by atoms with Gasteiger partial charge in [-0.2, -0.15) is 10.2 Å². The van der Waals surface area contributed by atoms with Gasteiger partial charge in [0, 0.05) is 6.07 Å². The highest BCUT2D eigenvalue weighted by Crippen LogP contribution is 2.23. The summed E-state index contributed by atoms with van der Waals surface area (Å²) in [5, 5.41) is 9.19. The van der Waals surface area contributed by atoms with Crippen LogP contribution in [0.3, 0.4) is 0 Å². The van der Waals surface area contributed by atoms with Gasteiger partial charge in [0.15, 0.2) is 6.17 Å². The van der Waals surface area contributed by atoms with Gasteiger partial charge < -0.3 is 10.5 Å². The summed E-state index contributed by atoms with van der Waals surface area (Å²) >= 11 is 0. The summed E-state index contributed by atoms with van der Waals surface area (Å²) < 4.78 is 5.76. The van der Waals surface area contributed by atoms with Gasteiger partial charge in [0.2, 0.25) is 0 Å². The van der Waals surface area contributed by atoms with Crippen LogP contribution in [-0.4, -0.2) is 23.2 Å². The molecule has 5 N–H and O–H groups in total. The summed E-state index contributed by atoms with van der Waals surface area (Å²) in [6.07, 6.45) is 0.971. The van der Waals surface area contributed by atoms with E-state index < -0.39 is 6.17 Å². The SMILES string of the molecule is NC1C(=NNc2cccc(Oc3ccccc3)c2)C=NN1N. The van der Waals surface area contributed by atoms with E-state index in [1.165, 1.54) is 6.21 Å². The van der Waals surface area contributed by atoms with Crippen molar-refractivity contribution in [1.29, 1.82) is 0 Å². The van der Waals surface area contributed by atoms with Crippen LogP contribution in [0.25, 0.3) is 0 Å². The molecule has 0 spiro atoms. The third-order valence-electron chi connectivity index (χ3n) is 3.04. The third-order valence-corrected chi connectivity index (χ3v) is 3.04. The quantitative estimate of drug-likeness (QED) is 0.589. The van der Waals surface area contributed by atoms with Crippen LogP contribution in [0.4, 0.5) is 5.69 Å². The molecule has 0 amide bonds. The van der Waals surface area contributed by atoms with Gasteiger partial charge >= 0.3 is 0 Å². The minimum absolute atomic E-state index is 0.545. The summed E-state index contributed by atoms with van der Waals surface area (Å²) in [5.41, 5.74) is 10.0. The van der Waals surface area contributed by atoms with Gasteiger partial charge in [0.25, 0.3) is 0 Å². The van der Waals surface area contributed by atoms with Crippen LogP contribution in [-0.2, 0) is 0 Å². The standard InChI is InChI=1S/C15H16N6O/c16-15-14(10-18-21(15)17)20-19-11-5-4-8-13(9-11)22-12-6-2-1-3-7-12/h1-10,15,19H,16-17H2. The first-order valence-electron chi connectivity index (χ1n) is 6.72. The molecule has 112 valence electrons. The lowest BCUT2D eigenvalue weighted by atomic mass is 10.3. The van der Waals surface area contributed by atoms with Crippen LogP contribution in [0.2, 0.25) is 0 Å². The van der Waals surface area contributed by atoms with Gasteiger partial charge in [0.05, 0.1) is 11.9 Å². The molecule has 22 heavy (non-hydrogen) atoms. The van der Waals surface area contributed by atoms with Crippen molar-refractivity contribution in [2.45, 2.75) is 6.17 Å². The van der Waals surface area contributed by atoms with Gasteiger partial charge in [-0.3, -0.25) is 5.43 Å². The average Bonchev–Trinajstić information content (AvgIpc) is 2.86. The molecule has 3 rings (SSSR count). The van der Waals surface area contributed by atoms with E-state index in [1.807, 2.05) is 54.6 Å². The summed E-state index contributed by atoms with van der Waals surface area (Å²) in [6, 6.07) is 17.0. The lowest BCUT2D eigenvalue weighted by molar-refractivity contribution is 0.280. The molecule has 1 heterocycles. The maximum atomic E-state index is 5.80. The van der Waals surface area contributed by atoms with E-state index in [0.717, 1.165) is 16.6 Å². The maximum absolute atomic E-state index is 5.80. The van der Waals surface area contributed by atoms with Crippen molar-refractivity contribution in [3.05, 3.63) is 54.6 Å². The Kier molecular flexibility index (Phi) is 3.99. The lowest BCUT2D eigenvalue weighted by Gasteiger charge is -2.13. The molecule has 0 fully saturated rings. The molecule has 0 aromatic heterocycles. The van der Waals surface area contributed by atoms with Gasteiger partial charge in [0.1, 0.15) is 17.2 Å². The molecule has 0 saturated heterocycles. The molecule has 1 aliphatic heterocycles. The number of hydrazine groups is 1. The highest BCUT2D eigenvalue weighted by atomic mass is 16.5. The van der Waals surface area contributed by atoms with E-state index in [-0.39, 0.29) is 0 Å². The Bertz CT molecular complexity index is 700. The topological polar surface area (TPSA) is 101 Å². The van der Waals surface area contributed by atoms with E-state index in [0.29, 0.717) is 11.5 Å². The van der Waals surface area contributed by atoms with Crippen molar-refractivity contribution in [2.75, 3.05) is 5.43 Å². The first-order chi connectivity index (χ1) is 10.7. The van der Waals surface area contributed by atoms with Crippen LogP contribution in [0.15, 0.2) is 64.8 Å². The molecule has 1 atom stereocenters. The Morgan fingerprint density at radius 1 is 1.09 bits per heavy atom. The van der Waals surface area contributed by atoms with Crippen LogP contribution in [0, 0.1) is 0 Å². The average molecular weight is 296 g/mol. The molecule has 2 aromatic rings. The fourth-order valence-electron chi connectivity index (χ4n) is 1.89. The number of nitrogens with two attached hydrogens (primary N) is 2. The molecule has 0 aliphatic carbocycles. The smallest absolute Gasteiger partial charge is 0.157 e. The molecule has 7 nitrogen and oxygen atoms in total. The normalized spacial score (nSPS) is 18.7. The molecule has 0 bridgehead atoms. The molecular weight excluding hydrogens is 280 g/mol. The minimum atomic E-state index is -0.545. The van der Waals surface area contributed by atoms with E-state index in [9.17, 15) is 0 Å². The summed E-state index contributed by atoms with van der Waals surface area (Å²) in [7, 11) is 0.